The normalized spacial score (nSPS) is 17.1. The quantitative estimate of drug-likeness (QED) is 0.222. The lowest BCUT2D eigenvalue weighted by atomic mass is 9.83. The van der Waals surface area contributed by atoms with Crippen LogP contribution < -0.4 is 20.3 Å². The van der Waals surface area contributed by atoms with Gasteiger partial charge in [0.05, 0.1) is 21.6 Å². The zero-order chi connectivity index (χ0) is 27.6. The van der Waals surface area contributed by atoms with Crippen LogP contribution in [0.5, 0.6) is 11.5 Å². The van der Waals surface area contributed by atoms with Gasteiger partial charge in [-0.05, 0) is 61.6 Å². The lowest BCUT2D eigenvalue weighted by Gasteiger charge is -2.29. The number of aliphatic hydroxyl groups excluding tert-OH is 1. The van der Waals surface area contributed by atoms with Crippen LogP contribution in [0.25, 0.3) is 32.8 Å². The van der Waals surface area contributed by atoms with Crippen molar-refractivity contribution in [3.63, 3.8) is 0 Å². The van der Waals surface area contributed by atoms with E-state index >= 15 is 0 Å². The molecule has 0 spiro atoms. The zero-order valence-electron chi connectivity index (χ0n) is 21.6. The van der Waals surface area contributed by atoms with Crippen molar-refractivity contribution in [1.29, 1.82) is 0 Å². The summed E-state index contributed by atoms with van der Waals surface area (Å²) in [5.41, 5.74) is 0.559. The molecule has 2 atom stereocenters. The van der Waals surface area contributed by atoms with Gasteiger partial charge in [-0.3, -0.25) is 4.79 Å². The smallest absolute Gasteiger partial charge is 0.354 e. The third-order valence-electron chi connectivity index (χ3n) is 7.17. The maximum absolute atomic E-state index is 13.3. The first-order chi connectivity index (χ1) is 19.5. The summed E-state index contributed by atoms with van der Waals surface area (Å²) in [5.74, 6) is 1.85. The highest BCUT2D eigenvalue weighted by Crippen LogP contribution is 2.31. The van der Waals surface area contributed by atoms with Crippen LogP contribution in [-0.4, -0.2) is 36.6 Å². The van der Waals surface area contributed by atoms with Gasteiger partial charge >= 0.3 is 5.69 Å². The molecule has 1 aromatic carbocycles. The molecule has 6 rings (SSSR count). The molecule has 1 amide bonds. The number of nitrogens with zero attached hydrogens (tertiary/aromatic N) is 4. The number of pyridine rings is 2. The average molecular weight is 586 g/mol. The molecule has 0 saturated heterocycles. The standard InChI is InChI=1S/C30H27N5O4S.2CH4/c1-2-25(37)33-19-8-6-7-18(15-19)16-23(36)28-27-26-22(13-14-31-29(26)40-28)35(30(38)34-27)24-12-11-21(17-32-24)39-20-9-4-3-5-10-20;;/h2-5,9-14,17-19,36H,1,6-8,15-16H2,(H,33,37);2*1H4/t18-,19-;;/m1../s1. The van der Waals surface area contributed by atoms with Crippen LogP contribution in [0.2, 0.25) is 0 Å². The summed E-state index contributed by atoms with van der Waals surface area (Å²) in [6.45, 7) is 3.52. The van der Waals surface area contributed by atoms with Crippen LogP contribution in [0.4, 0.5) is 0 Å². The minimum atomic E-state index is -0.499. The molecule has 1 saturated carbocycles. The van der Waals surface area contributed by atoms with E-state index in [4.69, 9.17) is 4.74 Å². The van der Waals surface area contributed by atoms with Crippen LogP contribution in [0, 0.1) is 5.92 Å². The average Bonchev–Trinajstić information content (AvgIpc) is 3.34. The molecule has 4 aromatic heterocycles. The Kier molecular flexibility index (Phi) is 9.37. The summed E-state index contributed by atoms with van der Waals surface area (Å²) >= 11 is 1.32. The van der Waals surface area contributed by atoms with Gasteiger partial charge in [-0.2, -0.15) is 4.98 Å². The molecular weight excluding hydrogens is 550 g/mol. The molecule has 0 aliphatic heterocycles. The molecule has 1 fully saturated rings. The van der Waals surface area contributed by atoms with Gasteiger partial charge < -0.3 is 15.2 Å². The van der Waals surface area contributed by atoms with Gasteiger partial charge in [0.1, 0.15) is 33.4 Å². The first kappa shape index (κ1) is 30.4. The maximum atomic E-state index is 13.3. The minimum Gasteiger partial charge on any atom is -0.511 e. The molecule has 2 N–H and O–H groups in total. The summed E-state index contributed by atoms with van der Waals surface area (Å²) in [5, 5.41) is 14.9. The fourth-order valence-corrected chi connectivity index (χ4v) is 6.43. The summed E-state index contributed by atoms with van der Waals surface area (Å²) in [6, 6.07) is 14.7. The summed E-state index contributed by atoms with van der Waals surface area (Å²) in [7, 11) is 0. The Balaban J connectivity index is 0.00000202. The number of aromatic nitrogens is 4. The second-order valence-corrected chi connectivity index (χ2v) is 10.9. The highest BCUT2D eigenvalue weighted by Gasteiger charge is 2.25. The van der Waals surface area contributed by atoms with Crippen molar-refractivity contribution in [1.82, 2.24) is 24.8 Å². The molecule has 9 nitrogen and oxygen atoms in total. The number of carbonyl (C=O) groups excluding carboxylic acids is 1. The van der Waals surface area contributed by atoms with E-state index in [1.165, 1.54) is 22.0 Å². The highest BCUT2D eigenvalue weighted by atomic mass is 32.1. The number of nitrogens with one attached hydrogen (secondary N) is 1. The zero-order valence-corrected chi connectivity index (χ0v) is 22.4. The van der Waals surface area contributed by atoms with Crippen molar-refractivity contribution in [2.75, 3.05) is 0 Å². The van der Waals surface area contributed by atoms with Crippen molar-refractivity contribution in [3.8, 4) is 17.3 Å². The molecular formula is C32H35N5O4S. The third kappa shape index (κ3) is 6.03. The van der Waals surface area contributed by atoms with Crippen molar-refractivity contribution in [2.24, 2.45) is 5.92 Å². The molecule has 5 aromatic rings. The van der Waals surface area contributed by atoms with Crippen molar-refractivity contribution in [2.45, 2.75) is 53.0 Å². The number of aliphatic hydroxyl groups is 1. The van der Waals surface area contributed by atoms with E-state index in [-0.39, 0.29) is 38.5 Å². The van der Waals surface area contributed by atoms with Crippen molar-refractivity contribution in [3.05, 3.63) is 88.6 Å². The van der Waals surface area contributed by atoms with Crippen molar-refractivity contribution >= 4 is 44.3 Å². The molecule has 0 bridgehead atoms. The molecule has 0 unspecified atom stereocenters. The molecule has 0 radical (unpaired) electrons. The van der Waals surface area contributed by atoms with Crippen LogP contribution in [0.1, 0.15) is 47.0 Å². The molecule has 218 valence electrons. The maximum Gasteiger partial charge on any atom is 0.354 e. The highest BCUT2D eigenvalue weighted by molar-refractivity contribution is 7.17. The Morgan fingerprint density at radius 3 is 2.67 bits per heavy atom. The van der Waals surface area contributed by atoms with Crippen LogP contribution in [-0.2, 0) is 4.79 Å². The fourth-order valence-electron chi connectivity index (χ4n) is 5.37. The van der Waals surface area contributed by atoms with E-state index < -0.39 is 5.69 Å². The fraction of sp³-hybridized carbons (Fsp3) is 0.281. The monoisotopic (exact) mass is 585 g/mol. The Bertz CT molecular complexity index is 1820. The summed E-state index contributed by atoms with van der Waals surface area (Å²) < 4.78 is 7.84. The van der Waals surface area contributed by atoms with Gasteiger partial charge in [-0.1, -0.05) is 46.1 Å². The Morgan fingerprint density at radius 1 is 1.12 bits per heavy atom. The van der Waals surface area contributed by atoms with Gasteiger partial charge in [0, 0.05) is 18.7 Å². The molecule has 1 aliphatic carbocycles. The topological polar surface area (TPSA) is 119 Å². The van der Waals surface area contributed by atoms with Crippen molar-refractivity contribution < 1.29 is 14.6 Å². The molecule has 4 heterocycles. The summed E-state index contributed by atoms with van der Waals surface area (Å²) in [6.07, 6.45) is 8.52. The van der Waals surface area contributed by atoms with Gasteiger partial charge in [0.2, 0.25) is 5.91 Å². The number of carbonyl (C=O) groups is 1. The lowest BCUT2D eigenvalue weighted by Crippen LogP contribution is -2.37. The number of hydrogen-bond donors (Lipinski definition) is 2. The second kappa shape index (κ2) is 12.9. The van der Waals surface area contributed by atoms with Crippen LogP contribution in [0.3, 0.4) is 0 Å². The van der Waals surface area contributed by atoms with E-state index in [2.05, 4.69) is 26.8 Å². The van der Waals surface area contributed by atoms with E-state index in [0.29, 0.717) is 49.5 Å². The van der Waals surface area contributed by atoms with E-state index in [9.17, 15) is 14.7 Å². The Hall–Kier alpha value is -4.57. The SMILES string of the molecule is C.C.C=CC(=O)N[C@@H]1CCC[C@@H](CC(O)=c2sc3nccc4c3c2nc(=O)n4-c2ccc(Oc3ccccc3)cn2)C1. The van der Waals surface area contributed by atoms with Gasteiger partial charge in [-0.25, -0.2) is 19.3 Å². The number of thiophene rings is 1. The van der Waals surface area contributed by atoms with E-state index in [0.717, 1.165) is 25.7 Å². The lowest BCUT2D eigenvalue weighted by molar-refractivity contribution is -0.117. The summed E-state index contributed by atoms with van der Waals surface area (Å²) in [4.78, 5) is 39.1. The van der Waals surface area contributed by atoms with Crippen LogP contribution in [0.15, 0.2) is 78.4 Å². The number of hydrogen-bond acceptors (Lipinski definition) is 8. The van der Waals surface area contributed by atoms with Gasteiger partial charge in [0.25, 0.3) is 0 Å². The number of benzene rings is 1. The van der Waals surface area contributed by atoms with Gasteiger partial charge in [0.15, 0.2) is 0 Å². The number of amides is 1. The number of rotatable bonds is 7. The Morgan fingerprint density at radius 2 is 1.93 bits per heavy atom. The van der Waals surface area contributed by atoms with Gasteiger partial charge in [-0.15, -0.1) is 11.3 Å². The first-order valence-electron chi connectivity index (χ1n) is 13.1. The second-order valence-electron chi connectivity index (χ2n) is 9.88. The number of para-hydroxylation sites is 1. The predicted molar refractivity (Wildman–Crippen MR) is 168 cm³/mol. The minimum absolute atomic E-state index is 0. The van der Waals surface area contributed by atoms with E-state index in [1.54, 1.807) is 30.6 Å². The predicted octanol–water partition coefficient (Wildman–Crippen LogP) is 6.09. The molecule has 42 heavy (non-hydrogen) atoms. The molecule has 10 heteroatoms. The molecule has 1 aliphatic rings. The largest absolute Gasteiger partial charge is 0.511 e. The first-order valence-corrected chi connectivity index (χ1v) is 14.0. The van der Waals surface area contributed by atoms with Crippen LogP contribution >= 0.6 is 11.3 Å². The third-order valence-corrected chi connectivity index (χ3v) is 8.31. The number of ether oxygens (including phenoxy) is 1. The van der Waals surface area contributed by atoms with E-state index in [1.807, 2.05) is 30.3 Å². The Labute approximate surface area is 248 Å².